The minimum Gasteiger partial charge on any atom is -0.508 e. The number of pyridine rings is 1. The van der Waals surface area contributed by atoms with Crippen LogP contribution < -0.4 is 4.74 Å². The number of nitrogens with zero attached hydrogens (tertiary/aromatic N) is 1. The molecular weight excluding hydrogens is 406 g/mol. The Hall–Kier alpha value is -3.33. The fourth-order valence-electron chi connectivity index (χ4n) is 4.83. The number of benzene rings is 3. The first-order chi connectivity index (χ1) is 15.6. The summed E-state index contributed by atoms with van der Waals surface area (Å²) in [5, 5.41) is 11.8. The highest BCUT2D eigenvalue weighted by atomic mass is 16.5. The predicted octanol–water partition coefficient (Wildman–Crippen LogP) is 7.90. The molecule has 0 radical (unpaired) electrons. The van der Waals surface area contributed by atoms with Crippen LogP contribution >= 0.6 is 0 Å². The topological polar surface area (TPSA) is 42.4 Å². The lowest BCUT2D eigenvalue weighted by atomic mass is 9.56. The average molecular weight is 442 g/mol. The minimum absolute atomic E-state index is 0. The van der Waals surface area contributed by atoms with E-state index in [0.717, 1.165) is 40.8 Å². The van der Waals surface area contributed by atoms with Gasteiger partial charge in [0.1, 0.15) is 18.1 Å². The Bertz CT molecular complexity index is 1180. The molecule has 0 unspecified atom stereocenters. The van der Waals surface area contributed by atoms with Crippen molar-refractivity contribution < 1.29 is 9.84 Å². The molecule has 1 aliphatic rings. The van der Waals surface area contributed by atoms with Gasteiger partial charge in [-0.15, -0.1) is 0 Å². The van der Waals surface area contributed by atoms with Gasteiger partial charge in [-0.05, 0) is 54.7 Å². The van der Waals surface area contributed by atoms with E-state index in [4.69, 9.17) is 4.74 Å². The first kappa shape index (κ1) is 24.3. The van der Waals surface area contributed by atoms with Crippen LogP contribution in [0.2, 0.25) is 0 Å². The molecule has 1 aromatic heterocycles. The van der Waals surface area contributed by atoms with Crippen LogP contribution in [0.4, 0.5) is 0 Å². The van der Waals surface area contributed by atoms with Crippen molar-refractivity contribution in [3.8, 4) is 11.5 Å². The van der Waals surface area contributed by atoms with Crippen LogP contribution in [0.1, 0.15) is 57.9 Å². The van der Waals surface area contributed by atoms with Crippen LogP contribution in [0.15, 0.2) is 84.9 Å². The van der Waals surface area contributed by atoms with Gasteiger partial charge in [0.25, 0.3) is 0 Å². The molecule has 0 amide bonds. The molecule has 3 aromatic carbocycles. The van der Waals surface area contributed by atoms with E-state index < -0.39 is 0 Å². The average Bonchev–Trinajstić information content (AvgIpc) is 2.83. The summed E-state index contributed by atoms with van der Waals surface area (Å²) in [5.74, 6) is 1.73. The second-order valence-electron chi connectivity index (χ2n) is 8.42. The third-order valence-corrected chi connectivity index (χ3v) is 6.25. The number of phenols is 1. The van der Waals surface area contributed by atoms with E-state index in [9.17, 15) is 5.11 Å². The zero-order valence-electron chi connectivity index (χ0n) is 19.1. The van der Waals surface area contributed by atoms with Gasteiger partial charge in [0.05, 0.1) is 11.2 Å². The van der Waals surface area contributed by atoms with Crippen molar-refractivity contribution in [2.24, 2.45) is 5.92 Å². The molecule has 3 nitrogen and oxygen atoms in total. The van der Waals surface area contributed by atoms with Crippen LogP contribution in [-0.4, -0.2) is 10.1 Å². The van der Waals surface area contributed by atoms with Gasteiger partial charge >= 0.3 is 0 Å². The second-order valence-corrected chi connectivity index (χ2v) is 8.42. The number of rotatable bonds is 5. The largest absolute Gasteiger partial charge is 0.508 e. The maximum atomic E-state index is 10.7. The summed E-state index contributed by atoms with van der Waals surface area (Å²) in [5.41, 5.74) is 3.92. The fraction of sp³-hybridized carbons (Fsp3) is 0.300. The lowest BCUT2D eigenvalue weighted by Crippen LogP contribution is -2.41. The lowest BCUT2D eigenvalue weighted by Gasteiger charge is -2.48. The van der Waals surface area contributed by atoms with E-state index in [1.165, 1.54) is 5.56 Å². The Labute approximate surface area is 198 Å². The third-order valence-electron chi connectivity index (χ3n) is 6.25. The second kappa shape index (κ2) is 10.5. The molecule has 1 aliphatic carbocycles. The van der Waals surface area contributed by atoms with Gasteiger partial charge in [0.15, 0.2) is 0 Å². The van der Waals surface area contributed by atoms with Crippen LogP contribution in [0.5, 0.6) is 11.5 Å². The normalized spacial score (nSPS) is 18.9. The van der Waals surface area contributed by atoms with Crippen molar-refractivity contribution in [1.82, 2.24) is 4.98 Å². The Balaban J connectivity index is 0.000000994. The van der Waals surface area contributed by atoms with Crippen LogP contribution in [0.25, 0.3) is 10.9 Å². The molecule has 0 bridgehead atoms. The number of aromatic hydroxyl groups is 1. The number of fused-ring (bicyclic) bond motifs is 1. The lowest BCUT2D eigenvalue weighted by molar-refractivity contribution is 0.194. The Morgan fingerprint density at radius 2 is 1.61 bits per heavy atom. The Morgan fingerprint density at radius 1 is 0.909 bits per heavy atom. The van der Waals surface area contributed by atoms with Crippen LogP contribution in [0, 0.1) is 5.92 Å². The van der Waals surface area contributed by atoms with Crippen molar-refractivity contribution in [3.05, 3.63) is 102 Å². The number of hydrogen-bond donors (Lipinski definition) is 1. The maximum absolute atomic E-state index is 10.7. The van der Waals surface area contributed by atoms with E-state index in [-0.39, 0.29) is 12.8 Å². The standard InChI is InChI=1S/C27H25NO2.C2H6.CH4/c1-19-16-27(17-19,21-8-3-2-4-9-21)24-15-23(13-14-26(24)29)30-18-22-12-11-20-7-5-6-10-25(20)28-22;1-2;/h2-15,19,29H,16-18H2,1H3;1-2H3;1H4. The number of para-hydroxylation sites is 1. The van der Waals surface area contributed by atoms with Crippen molar-refractivity contribution in [3.63, 3.8) is 0 Å². The zero-order chi connectivity index (χ0) is 22.6. The van der Waals surface area contributed by atoms with Crippen molar-refractivity contribution in [2.45, 2.75) is 53.1 Å². The third kappa shape index (κ3) is 4.88. The van der Waals surface area contributed by atoms with Gasteiger partial charge < -0.3 is 9.84 Å². The van der Waals surface area contributed by atoms with Gasteiger partial charge in [-0.3, -0.25) is 0 Å². The molecule has 1 fully saturated rings. The molecule has 0 spiro atoms. The summed E-state index contributed by atoms with van der Waals surface area (Å²) < 4.78 is 6.09. The van der Waals surface area contributed by atoms with Crippen molar-refractivity contribution in [1.29, 1.82) is 0 Å². The van der Waals surface area contributed by atoms with Gasteiger partial charge in [-0.2, -0.15) is 0 Å². The highest BCUT2D eigenvalue weighted by Gasteiger charge is 2.46. The Kier molecular flexibility index (Phi) is 7.75. The molecule has 3 heteroatoms. The molecule has 5 rings (SSSR count). The van der Waals surface area contributed by atoms with E-state index in [0.29, 0.717) is 18.3 Å². The smallest absolute Gasteiger partial charge is 0.130 e. The number of phenolic OH excluding ortho intramolecular Hbond substituents is 1. The molecule has 1 saturated carbocycles. The summed E-state index contributed by atoms with van der Waals surface area (Å²) >= 11 is 0. The number of aromatic nitrogens is 1. The highest BCUT2D eigenvalue weighted by molar-refractivity contribution is 5.78. The predicted molar refractivity (Wildman–Crippen MR) is 138 cm³/mol. The van der Waals surface area contributed by atoms with Crippen LogP contribution in [0.3, 0.4) is 0 Å². The zero-order valence-corrected chi connectivity index (χ0v) is 19.1. The molecule has 33 heavy (non-hydrogen) atoms. The SMILES string of the molecule is C.CC.CC1CC(c2ccccc2)(c2cc(OCc3ccc4ccccc4n3)ccc2O)C1. The van der Waals surface area contributed by atoms with Gasteiger partial charge in [0.2, 0.25) is 0 Å². The summed E-state index contributed by atoms with van der Waals surface area (Å²) in [6.45, 7) is 6.66. The maximum Gasteiger partial charge on any atom is 0.130 e. The van der Waals surface area contributed by atoms with E-state index in [1.807, 2.05) is 56.3 Å². The molecule has 1 N–H and O–H groups in total. The minimum atomic E-state index is -0.147. The quantitative estimate of drug-likeness (QED) is 0.342. The molecule has 0 aliphatic heterocycles. The molecule has 4 aromatic rings. The van der Waals surface area contributed by atoms with Gasteiger partial charge in [-0.25, -0.2) is 4.98 Å². The summed E-state index contributed by atoms with van der Waals surface area (Å²) in [6, 6.07) is 28.3. The van der Waals surface area contributed by atoms with Crippen molar-refractivity contribution >= 4 is 10.9 Å². The van der Waals surface area contributed by atoms with E-state index >= 15 is 0 Å². The first-order valence-corrected chi connectivity index (χ1v) is 11.5. The fourth-order valence-corrected chi connectivity index (χ4v) is 4.83. The summed E-state index contributed by atoms with van der Waals surface area (Å²) in [7, 11) is 0. The highest BCUT2D eigenvalue weighted by Crippen LogP contribution is 2.54. The molecule has 0 atom stereocenters. The number of ether oxygens (including phenoxy) is 1. The summed E-state index contributed by atoms with van der Waals surface area (Å²) in [4.78, 5) is 4.69. The molecular formula is C30H35NO2. The van der Waals surface area contributed by atoms with Crippen molar-refractivity contribution in [2.75, 3.05) is 0 Å². The van der Waals surface area contributed by atoms with E-state index in [1.54, 1.807) is 6.07 Å². The summed E-state index contributed by atoms with van der Waals surface area (Å²) in [6.07, 6.45) is 2.06. The molecule has 0 saturated heterocycles. The van der Waals surface area contributed by atoms with Gasteiger partial charge in [-0.1, -0.05) is 82.8 Å². The first-order valence-electron chi connectivity index (χ1n) is 11.5. The number of hydrogen-bond acceptors (Lipinski definition) is 3. The van der Waals surface area contributed by atoms with Gasteiger partial charge in [0, 0.05) is 16.4 Å². The van der Waals surface area contributed by atoms with Crippen LogP contribution in [-0.2, 0) is 12.0 Å². The molecule has 1 heterocycles. The monoisotopic (exact) mass is 441 g/mol. The molecule has 172 valence electrons. The Morgan fingerprint density at radius 3 is 2.33 bits per heavy atom. The van der Waals surface area contributed by atoms with E-state index in [2.05, 4.69) is 48.3 Å².